The predicted molar refractivity (Wildman–Crippen MR) is 142 cm³/mol. The van der Waals surface area contributed by atoms with Crippen LogP contribution in [0.4, 0.5) is 10.5 Å². The van der Waals surface area contributed by atoms with Gasteiger partial charge >= 0.3 is 6.03 Å². The van der Waals surface area contributed by atoms with Crippen LogP contribution in [0.3, 0.4) is 0 Å². The standard InChI is InChI=1S/C27H34ClN3O2S/c1-18(2)22-9-6-10-23(19(3)4)24(22)29-26(33)30-13-11-27(12-14-30)31(15-16-34-27)25(32)20-7-5-8-21(28)17-20/h5-10,17-19H,11-16H2,1-4H3,(H,29,33). The Bertz CT molecular complexity index is 1040. The number of rotatable bonds is 4. The van der Waals surface area contributed by atoms with Crippen LogP contribution in [0.25, 0.3) is 0 Å². The quantitative estimate of drug-likeness (QED) is 0.503. The molecule has 0 aromatic heterocycles. The van der Waals surface area contributed by atoms with Crippen molar-refractivity contribution in [1.29, 1.82) is 0 Å². The number of nitrogens with zero attached hydrogens (tertiary/aromatic N) is 2. The molecule has 0 bridgehead atoms. The van der Waals surface area contributed by atoms with Crippen LogP contribution in [-0.2, 0) is 0 Å². The minimum atomic E-state index is -0.255. The number of anilines is 1. The molecule has 0 aliphatic carbocycles. The highest BCUT2D eigenvalue weighted by molar-refractivity contribution is 8.00. The van der Waals surface area contributed by atoms with E-state index in [0.717, 1.165) is 42.0 Å². The number of urea groups is 1. The molecule has 7 heteroatoms. The molecule has 1 spiro atoms. The molecule has 0 unspecified atom stereocenters. The number of benzene rings is 2. The summed E-state index contributed by atoms with van der Waals surface area (Å²) in [6.07, 6.45) is 1.53. The molecule has 182 valence electrons. The van der Waals surface area contributed by atoms with Gasteiger partial charge in [-0.3, -0.25) is 4.79 Å². The Morgan fingerprint density at radius 2 is 1.59 bits per heavy atom. The summed E-state index contributed by atoms with van der Waals surface area (Å²) in [6.45, 7) is 10.6. The molecular weight excluding hydrogens is 466 g/mol. The van der Waals surface area contributed by atoms with Gasteiger partial charge in [-0.25, -0.2) is 4.79 Å². The molecule has 0 saturated carbocycles. The Morgan fingerprint density at radius 1 is 0.971 bits per heavy atom. The highest BCUT2D eigenvalue weighted by Crippen LogP contribution is 2.45. The zero-order valence-corrected chi connectivity index (χ0v) is 22.0. The Labute approximate surface area is 212 Å². The van der Waals surface area contributed by atoms with Crippen LogP contribution in [0.1, 0.15) is 73.9 Å². The Balaban J connectivity index is 1.47. The topological polar surface area (TPSA) is 52.7 Å². The van der Waals surface area contributed by atoms with E-state index < -0.39 is 0 Å². The molecule has 2 heterocycles. The van der Waals surface area contributed by atoms with Gasteiger partial charge in [-0.05, 0) is 54.0 Å². The molecule has 3 amide bonds. The molecule has 2 fully saturated rings. The summed E-state index contributed by atoms with van der Waals surface area (Å²) < 4.78 is 0. The normalized spacial score (nSPS) is 17.6. The predicted octanol–water partition coefficient (Wildman–Crippen LogP) is 6.80. The molecule has 5 nitrogen and oxygen atoms in total. The first kappa shape index (κ1) is 24.9. The van der Waals surface area contributed by atoms with Gasteiger partial charge in [0.1, 0.15) is 0 Å². The molecule has 0 radical (unpaired) electrons. The maximum Gasteiger partial charge on any atom is 0.321 e. The van der Waals surface area contributed by atoms with E-state index in [1.54, 1.807) is 12.1 Å². The van der Waals surface area contributed by atoms with E-state index in [9.17, 15) is 9.59 Å². The third kappa shape index (κ3) is 4.94. The van der Waals surface area contributed by atoms with Crippen LogP contribution >= 0.6 is 23.4 Å². The average molecular weight is 500 g/mol. The highest BCUT2D eigenvalue weighted by Gasteiger charge is 2.47. The number of carbonyl (C=O) groups excluding carboxylic acids is 2. The average Bonchev–Trinajstić information content (AvgIpc) is 3.21. The van der Waals surface area contributed by atoms with Crippen molar-refractivity contribution >= 4 is 41.0 Å². The van der Waals surface area contributed by atoms with E-state index in [1.807, 2.05) is 33.7 Å². The fourth-order valence-electron chi connectivity index (χ4n) is 5.03. The van der Waals surface area contributed by atoms with Gasteiger partial charge in [-0.15, -0.1) is 11.8 Å². The summed E-state index contributed by atoms with van der Waals surface area (Å²) in [5.74, 6) is 1.58. The SMILES string of the molecule is CC(C)c1cccc(C(C)C)c1NC(=O)N1CCC2(CC1)SCCN2C(=O)c1cccc(Cl)c1. The molecule has 2 aromatic carbocycles. The van der Waals surface area contributed by atoms with E-state index >= 15 is 0 Å². The first-order chi connectivity index (χ1) is 16.2. The van der Waals surface area contributed by atoms with Crippen molar-refractivity contribution in [3.63, 3.8) is 0 Å². The number of amides is 3. The van der Waals surface area contributed by atoms with Crippen LogP contribution in [0.2, 0.25) is 5.02 Å². The minimum Gasteiger partial charge on any atom is -0.324 e. The van der Waals surface area contributed by atoms with Crippen molar-refractivity contribution < 1.29 is 9.59 Å². The van der Waals surface area contributed by atoms with Crippen LogP contribution < -0.4 is 5.32 Å². The number of piperidine rings is 1. The Hall–Kier alpha value is -2.18. The lowest BCUT2D eigenvalue weighted by molar-refractivity contribution is 0.0585. The number of halogens is 1. The van der Waals surface area contributed by atoms with E-state index in [2.05, 4.69) is 51.2 Å². The van der Waals surface area contributed by atoms with Crippen molar-refractivity contribution in [3.8, 4) is 0 Å². The molecule has 2 aromatic rings. The molecule has 2 aliphatic heterocycles. The van der Waals surface area contributed by atoms with Gasteiger partial charge in [0.15, 0.2) is 0 Å². The number of carbonyl (C=O) groups is 2. The number of hydrogen-bond acceptors (Lipinski definition) is 3. The second-order valence-corrected chi connectivity index (χ2v) is 11.7. The second-order valence-electron chi connectivity index (χ2n) is 9.80. The van der Waals surface area contributed by atoms with Gasteiger partial charge < -0.3 is 15.1 Å². The smallest absolute Gasteiger partial charge is 0.321 e. The third-order valence-corrected chi connectivity index (χ3v) is 8.72. The summed E-state index contributed by atoms with van der Waals surface area (Å²) in [5.41, 5.74) is 3.90. The van der Waals surface area contributed by atoms with E-state index in [1.165, 1.54) is 0 Å². The molecule has 4 rings (SSSR count). The summed E-state index contributed by atoms with van der Waals surface area (Å²) in [5, 5.41) is 3.81. The van der Waals surface area contributed by atoms with Crippen molar-refractivity contribution in [3.05, 3.63) is 64.2 Å². The van der Waals surface area contributed by atoms with Crippen LogP contribution in [0.5, 0.6) is 0 Å². The highest BCUT2D eigenvalue weighted by atomic mass is 35.5. The largest absolute Gasteiger partial charge is 0.324 e. The molecule has 0 atom stereocenters. The molecule has 1 N–H and O–H groups in total. The molecule has 2 aliphatic rings. The number of likely N-dealkylation sites (tertiary alicyclic amines) is 1. The number of hydrogen-bond donors (Lipinski definition) is 1. The van der Waals surface area contributed by atoms with Crippen LogP contribution in [0.15, 0.2) is 42.5 Å². The first-order valence-electron chi connectivity index (χ1n) is 12.1. The Morgan fingerprint density at radius 3 is 2.18 bits per heavy atom. The van der Waals surface area contributed by atoms with Crippen molar-refractivity contribution in [2.24, 2.45) is 0 Å². The van der Waals surface area contributed by atoms with Gasteiger partial charge in [-0.1, -0.05) is 63.6 Å². The van der Waals surface area contributed by atoms with Crippen LogP contribution in [0, 0.1) is 0 Å². The monoisotopic (exact) mass is 499 g/mol. The second kappa shape index (κ2) is 10.2. The summed E-state index contributed by atoms with van der Waals surface area (Å²) in [7, 11) is 0. The lowest BCUT2D eigenvalue weighted by atomic mass is 9.92. The van der Waals surface area contributed by atoms with E-state index in [-0.39, 0.29) is 16.8 Å². The van der Waals surface area contributed by atoms with Gasteiger partial charge in [0, 0.05) is 41.7 Å². The lowest BCUT2D eigenvalue weighted by Gasteiger charge is -2.44. The first-order valence-corrected chi connectivity index (χ1v) is 13.5. The zero-order valence-electron chi connectivity index (χ0n) is 20.4. The van der Waals surface area contributed by atoms with Gasteiger partial charge in [0.05, 0.1) is 4.87 Å². The summed E-state index contributed by atoms with van der Waals surface area (Å²) >= 11 is 7.97. The van der Waals surface area contributed by atoms with Gasteiger partial charge in [0.2, 0.25) is 0 Å². The fourth-order valence-corrected chi connectivity index (χ4v) is 6.67. The van der Waals surface area contributed by atoms with Crippen molar-refractivity contribution in [1.82, 2.24) is 9.80 Å². The Kier molecular flexibility index (Phi) is 7.48. The van der Waals surface area contributed by atoms with E-state index in [0.29, 0.717) is 35.5 Å². The molecule has 2 saturated heterocycles. The number of thioether (sulfide) groups is 1. The summed E-state index contributed by atoms with van der Waals surface area (Å²) in [6, 6.07) is 13.4. The summed E-state index contributed by atoms with van der Waals surface area (Å²) in [4.78, 5) is 30.2. The number of nitrogens with one attached hydrogen (secondary N) is 1. The maximum atomic E-state index is 13.3. The molecular formula is C27H34ClN3O2S. The minimum absolute atomic E-state index is 0.0258. The maximum absolute atomic E-state index is 13.3. The van der Waals surface area contributed by atoms with E-state index in [4.69, 9.17) is 11.6 Å². The van der Waals surface area contributed by atoms with Crippen molar-refractivity contribution in [2.75, 3.05) is 30.7 Å². The third-order valence-electron chi connectivity index (χ3n) is 6.93. The van der Waals surface area contributed by atoms with Gasteiger partial charge in [-0.2, -0.15) is 0 Å². The molecule has 34 heavy (non-hydrogen) atoms. The fraction of sp³-hybridized carbons (Fsp3) is 0.481. The zero-order chi connectivity index (χ0) is 24.5. The van der Waals surface area contributed by atoms with Gasteiger partial charge in [0.25, 0.3) is 5.91 Å². The van der Waals surface area contributed by atoms with Crippen LogP contribution in [-0.4, -0.2) is 52.0 Å². The lowest BCUT2D eigenvalue weighted by Crippen LogP contribution is -2.54. The number of para-hydroxylation sites is 1. The van der Waals surface area contributed by atoms with Crippen molar-refractivity contribution in [2.45, 2.75) is 57.2 Å².